The number of nitrogens with two attached hydrogens (primary N) is 1. The first-order chi connectivity index (χ1) is 10.9. The van der Waals surface area contributed by atoms with Crippen LogP contribution in [-0.4, -0.2) is 56.8 Å². The maximum Gasteiger partial charge on any atom is 0.172 e. The molecule has 1 aromatic rings. The highest BCUT2D eigenvalue weighted by Crippen LogP contribution is 2.18. The van der Waals surface area contributed by atoms with E-state index in [1.807, 2.05) is 0 Å². The number of piperidine rings is 1. The van der Waals surface area contributed by atoms with Crippen molar-refractivity contribution in [3.05, 3.63) is 22.4 Å². The van der Waals surface area contributed by atoms with E-state index in [2.05, 4.69) is 29.8 Å². The lowest BCUT2D eigenvalue weighted by Gasteiger charge is -2.33. The number of aliphatic hydroxyl groups excluding tert-OH is 1. The number of hydrogen-bond donors (Lipinski definition) is 3. The number of likely N-dealkylation sites (tertiary alicyclic amines) is 1. The van der Waals surface area contributed by atoms with E-state index in [0.29, 0.717) is 6.04 Å². The molecule has 2 aliphatic heterocycles. The SMILES string of the molecule is CC1CC[NH+]([C@@H](C[NH2+][C@@H]2CS(=O)(=O)C[C@@H]2O)c2cccs2)CC1. The zero-order valence-electron chi connectivity index (χ0n) is 13.6. The van der Waals surface area contributed by atoms with E-state index in [9.17, 15) is 13.5 Å². The molecule has 3 atom stereocenters. The average Bonchev–Trinajstić information content (AvgIpc) is 3.09. The van der Waals surface area contributed by atoms with Gasteiger partial charge in [-0.25, -0.2) is 8.42 Å². The van der Waals surface area contributed by atoms with E-state index in [1.54, 1.807) is 16.2 Å². The molecule has 3 rings (SSSR count). The minimum absolute atomic E-state index is 0.0775. The van der Waals surface area contributed by atoms with Gasteiger partial charge in [0.05, 0.1) is 23.7 Å². The van der Waals surface area contributed by atoms with Gasteiger partial charge in [-0.15, -0.1) is 11.3 Å². The van der Waals surface area contributed by atoms with Crippen LogP contribution < -0.4 is 10.2 Å². The summed E-state index contributed by atoms with van der Waals surface area (Å²) in [6.07, 6.45) is 1.80. The third-order valence-corrected chi connectivity index (χ3v) is 8.06. The Balaban J connectivity index is 1.65. The van der Waals surface area contributed by atoms with Crippen LogP contribution in [0, 0.1) is 5.92 Å². The van der Waals surface area contributed by atoms with Gasteiger partial charge in [0.1, 0.15) is 24.4 Å². The lowest BCUT2D eigenvalue weighted by molar-refractivity contribution is -0.951. The van der Waals surface area contributed by atoms with E-state index in [-0.39, 0.29) is 17.5 Å². The molecule has 23 heavy (non-hydrogen) atoms. The molecule has 2 aliphatic rings. The van der Waals surface area contributed by atoms with Crippen LogP contribution >= 0.6 is 11.3 Å². The van der Waals surface area contributed by atoms with E-state index in [1.165, 1.54) is 30.8 Å². The van der Waals surface area contributed by atoms with Gasteiger partial charge in [0, 0.05) is 0 Å². The molecule has 0 bridgehead atoms. The highest BCUT2D eigenvalue weighted by Gasteiger charge is 2.40. The number of nitrogens with one attached hydrogen (secondary N) is 1. The van der Waals surface area contributed by atoms with Crippen LogP contribution in [0.2, 0.25) is 0 Å². The quantitative estimate of drug-likeness (QED) is 0.619. The molecule has 0 saturated carbocycles. The molecule has 0 unspecified atom stereocenters. The molecule has 0 aromatic carbocycles. The van der Waals surface area contributed by atoms with Crippen LogP contribution in [0.3, 0.4) is 0 Å². The first kappa shape index (κ1) is 17.4. The normalized spacial score (nSPS) is 35.2. The molecule has 7 heteroatoms. The molecule has 2 saturated heterocycles. The van der Waals surface area contributed by atoms with Gasteiger partial charge in [0.15, 0.2) is 15.9 Å². The molecular formula is C16H28N2O3S2+2. The molecule has 0 spiro atoms. The number of aliphatic hydroxyl groups is 1. The average molecular weight is 361 g/mol. The van der Waals surface area contributed by atoms with Crippen molar-refractivity contribution in [2.24, 2.45) is 5.92 Å². The van der Waals surface area contributed by atoms with Gasteiger partial charge in [-0.3, -0.25) is 0 Å². The summed E-state index contributed by atoms with van der Waals surface area (Å²) < 4.78 is 23.4. The summed E-state index contributed by atoms with van der Waals surface area (Å²) in [5.41, 5.74) is 0. The van der Waals surface area contributed by atoms with Gasteiger partial charge in [-0.2, -0.15) is 0 Å². The fourth-order valence-electron chi connectivity index (χ4n) is 3.85. The zero-order chi connectivity index (χ0) is 16.4. The second-order valence-electron chi connectivity index (χ2n) is 7.19. The fraction of sp³-hybridized carbons (Fsp3) is 0.750. The van der Waals surface area contributed by atoms with Crippen LogP contribution in [0.5, 0.6) is 0 Å². The summed E-state index contributed by atoms with van der Waals surface area (Å²) in [7, 11) is -3.06. The Hall–Kier alpha value is -0.470. The predicted molar refractivity (Wildman–Crippen MR) is 91.4 cm³/mol. The number of hydrogen-bond acceptors (Lipinski definition) is 4. The molecule has 0 aliphatic carbocycles. The summed E-state index contributed by atoms with van der Waals surface area (Å²) in [6, 6.07) is 4.48. The molecule has 1 aromatic heterocycles. The van der Waals surface area contributed by atoms with E-state index in [4.69, 9.17) is 0 Å². The van der Waals surface area contributed by atoms with Crippen molar-refractivity contribution in [3.63, 3.8) is 0 Å². The second kappa shape index (κ2) is 7.19. The van der Waals surface area contributed by atoms with Gasteiger partial charge >= 0.3 is 0 Å². The van der Waals surface area contributed by atoms with E-state index >= 15 is 0 Å². The Morgan fingerprint density at radius 3 is 2.70 bits per heavy atom. The number of thiophene rings is 1. The van der Waals surface area contributed by atoms with E-state index < -0.39 is 15.9 Å². The van der Waals surface area contributed by atoms with Gasteiger partial charge < -0.3 is 15.3 Å². The molecule has 3 heterocycles. The molecule has 0 amide bonds. The maximum atomic E-state index is 11.7. The van der Waals surface area contributed by atoms with Crippen molar-refractivity contribution in [1.29, 1.82) is 0 Å². The van der Waals surface area contributed by atoms with Crippen molar-refractivity contribution in [2.75, 3.05) is 31.1 Å². The molecule has 5 nitrogen and oxygen atoms in total. The monoisotopic (exact) mass is 360 g/mol. The second-order valence-corrected chi connectivity index (χ2v) is 10.3. The number of rotatable bonds is 5. The van der Waals surface area contributed by atoms with Gasteiger partial charge in [-0.05, 0) is 30.2 Å². The Kier molecular flexibility index (Phi) is 5.42. The van der Waals surface area contributed by atoms with Crippen LogP contribution in [0.25, 0.3) is 0 Å². The molecule has 2 fully saturated rings. The Morgan fingerprint density at radius 2 is 2.13 bits per heavy atom. The molecule has 130 valence electrons. The van der Waals surface area contributed by atoms with Crippen LogP contribution in [0.15, 0.2) is 17.5 Å². The maximum absolute atomic E-state index is 11.7. The molecule has 4 N–H and O–H groups in total. The molecule has 0 radical (unpaired) electrons. The Bertz CT molecular complexity index is 595. The lowest BCUT2D eigenvalue weighted by Crippen LogP contribution is -3.16. The third-order valence-electron chi connectivity index (χ3n) is 5.34. The van der Waals surface area contributed by atoms with Crippen molar-refractivity contribution in [1.82, 2.24) is 0 Å². The van der Waals surface area contributed by atoms with Crippen LogP contribution in [-0.2, 0) is 9.84 Å². The highest BCUT2D eigenvalue weighted by atomic mass is 32.2. The summed E-state index contributed by atoms with van der Waals surface area (Å²) in [5.74, 6) is 0.845. The summed E-state index contributed by atoms with van der Waals surface area (Å²) in [4.78, 5) is 2.98. The van der Waals surface area contributed by atoms with Crippen LogP contribution in [0.4, 0.5) is 0 Å². The van der Waals surface area contributed by atoms with Crippen molar-refractivity contribution < 1.29 is 23.7 Å². The van der Waals surface area contributed by atoms with Crippen molar-refractivity contribution in [2.45, 2.75) is 38.0 Å². The van der Waals surface area contributed by atoms with Gasteiger partial charge in [0.2, 0.25) is 0 Å². The Morgan fingerprint density at radius 1 is 1.39 bits per heavy atom. The van der Waals surface area contributed by atoms with Crippen molar-refractivity contribution in [3.8, 4) is 0 Å². The molecular weight excluding hydrogens is 332 g/mol. The van der Waals surface area contributed by atoms with Gasteiger partial charge in [-0.1, -0.05) is 13.0 Å². The summed E-state index contributed by atoms with van der Waals surface area (Å²) >= 11 is 1.79. The zero-order valence-corrected chi connectivity index (χ0v) is 15.3. The third kappa shape index (κ3) is 4.33. The largest absolute Gasteiger partial charge is 0.386 e. The first-order valence-electron chi connectivity index (χ1n) is 8.54. The number of quaternary nitrogens is 2. The minimum Gasteiger partial charge on any atom is -0.386 e. The lowest BCUT2D eigenvalue weighted by atomic mass is 9.97. The van der Waals surface area contributed by atoms with Crippen LogP contribution in [0.1, 0.15) is 30.7 Å². The summed E-state index contributed by atoms with van der Waals surface area (Å²) in [6.45, 7) is 5.54. The minimum atomic E-state index is -3.06. The smallest absolute Gasteiger partial charge is 0.172 e. The highest BCUT2D eigenvalue weighted by molar-refractivity contribution is 7.91. The number of sulfone groups is 1. The fourth-order valence-corrected chi connectivity index (χ4v) is 6.59. The first-order valence-corrected chi connectivity index (χ1v) is 11.2. The standard InChI is InChI=1S/C16H26N2O3S2/c1-12-4-6-18(7-5-12)14(16-3-2-8-22-16)9-17-13-10-23(20,21)11-15(13)19/h2-3,8,12-15,17,19H,4-7,9-11H2,1H3/p+2/t13-,14+,15+/m1/s1. The Labute approximate surface area is 142 Å². The van der Waals surface area contributed by atoms with Gasteiger partial charge in [0.25, 0.3) is 0 Å². The summed E-state index contributed by atoms with van der Waals surface area (Å²) in [5, 5.41) is 14.2. The topological polar surface area (TPSA) is 75.4 Å². The van der Waals surface area contributed by atoms with Crippen molar-refractivity contribution >= 4 is 21.2 Å². The van der Waals surface area contributed by atoms with E-state index in [0.717, 1.165) is 12.5 Å². The predicted octanol–water partition coefficient (Wildman–Crippen LogP) is -1.17.